The summed E-state index contributed by atoms with van der Waals surface area (Å²) in [5.74, 6) is 3.86. The molecule has 0 spiro atoms. The maximum atomic E-state index is 14.3. The van der Waals surface area contributed by atoms with E-state index in [0.29, 0.717) is 31.5 Å². The maximum absolute atomic E-state index is 14.3. The fourth-order valence-corrected chi connectivity index (χ4v) is 3.97. The van der Waals surface area contributed by atoms with Crippen LogP contribution in [0.25, 0.3) is 0 Å². The number of nitrogens with two attached hydrogens (primary N) is 1. The van der Waals surface area contributed by atoms with E-state index in [1.54, 1.807) is 25.7 Å². The summed E-state index contributed by atoms with van der Waals surface area (Å²) >= 11 is -2.24. The van der Waals surface area contributed by atoms with Gasteiger partial charge in [0.1, 0.15) is 11.4 Å². The molecule has 1 heterocycles. The molecule has 2 amide bonds. The number of carbonyl (C=O) groups excluding carboxylic acids is 2. The number of nitrogen functional groups attached to an aromatic ring is 1. The lowest BCUT2D eigenvalue weighted by Gasteiger charge is -2.37. The molecule has 2 rings (SSSR count). The van der Waals surface area contributed by atoms with E-state index in [-0.39, 0.29) is 24.6 Å². The molecule has 0 bridgehead atoms. The van der Waals surface area contributed by atoms with Crippen molar-refractivity contribution in [2.75, 3.05) is 19.6 Å². The van der Waals surface area contributed by atoms with Crippen LogP contribution in [0.15, 0.2) is 18.2 Å². The number of amides is 2. The van der Waals surface area contributed by atoms with Crippen LogP contribution in [0.4, 0.5) is 9.18 Å². The van der Waals surface area contributed by atoms with E-state index in [4.69, 9.17) is 10.6 Å². The molecular formula is C19H29FN4O5S. The third kappa shape index (κ3) is 6.73. The zero-order chi connectivity index (χ0) is 22.5. The van der Waals surface area contributed by atoms with E-state index >= 15 is 0 Å². The Hall–Kier alpha value is -2.08. The molecule has 1 unspecified atom stereocenters. The third-order valence-corrected chi connectivity index (χ3v) is 5.65. The number of ether oxygens (including phenoxy) is 1. The normalized spacial score (nSPS) is 16.4. The Morgan fingerprint density at radius 1 is 1.37 bits per heavy atom. The van der Waals surface area contributed by atoms with Crippen LogP contribution in [-0.2, 0) is 22.4 Å². The summed E-state index contributed by atoms with van der Waals surface area (Å²) in [7, 11) is 0. The molecular weight excluding hydrogens is 415 g/mol. The molecule has 0 radical (unpaired) electrons. The summed E-state index contributed by atoms with van der Waals surface area (Å²) in [6, 6.07) is 3.76. The van der Waals surface area contributed by atoms with Gasteiger partial charge in [-0.2, -0.15) is 4.31 Å². The topological polar surface area (TPSA) is 125 Å². The van der Waals surface area contributed by atoms with Crippen molar-refractivity contribution in [3.63, 3.8) is 0 Å². The first-order chi connectivity index (χ1) is 14.0. The van der Waals surface area contributed by atoms with Gasteiger partial charge in [0.25, 0.3) is 5.91 Å². The Morgan fingerprint density at radius 2 is 2.00 bits per heavy atom. The molecule has 11 heteroatoms. The van der Waals surface area contributed by atoms with Gasteiger partial charge in [-0.1, -0.05) is 6.07 Å². The minimum absolute atomic E-state index is 0.0934. The van der Waals surface area contributed by atoms with Crippen molar-refractivity contribution < 1.29 is 27.5 Å². The number of nitrogens with one attached hydrogen (secondary N) is 1. The number of nitrogens with zero attached hydrogens (tertiary/aromatic N) is 2. The number of piperidine rings is 1. The largest absolute Gasteiger partial charge is 0.444 e. The van der Waals surface area contributed by atoms with E-state index in [1.807, 2.05) is 5.43 Å². The Bertz CT molecular complexity index is 794. The Labute approximate surface area is 178 Å². The molecule has 0 aliphatic carbocycles. The first-order valence-electron chi connectivity index (χ1n) is 9.66. The van der Waals surface area contributed by atoms with Gasteiger partial charge in [0.05, 0.1) is 0 Å². The third-order valence-electron chi connectivity index (χ3n) is 4.77. The van der Waals surface area contributed by atoms with E-state index < -0.39 is 34.7 Å². The predicted octanol–water partition coefficient (Wildman–Crippen LogP) is 1.81. The van der Waals surface area contributed by atoms with Gasteiger partial charge < -0.3 is 9.64 Å². The van der Waals surface area contributed by atoms with Crippen LogP contribution in [0.5, 0.6) is 0 Å². The van der Waals surface area contributed by atoms with Crippen LogP contribution in [-0.4, -0.2) is 61.2 Å². The van der Waals surface area contributed by atoms with Gasteiger partial charge >= 0.3 is 6.09 Å². The van der Waals surface area contributed by atoms with E-state index in [9.17, 15) is 22.7 Å². The summed E-state index contributed by atoms with van der Waals surface area (Å²) in [4.78, 5) is 25.2. The van der Waals surface area contributed by atoms with Crippen LogP contribution in [0.1, 0.15) is 49.5 Å². The molecule has 1 aromatic carbocycles. The number of carbonyl (C=O) groups is 2. The molecule has 0 saturated carbocycles. The monoisotopic (exact) mass is 444 g/mol. The van der Waals surface area contributed by atoms with Crippen molar-refractivity contribution in [3.05, 3.63) is 35.1 Å². The number of hydrazine groups is 1. The average Bonchev–Trinajstić information content (AvgIpc) is 2.67. The minimum Gasteiger partial charge on any atom is -0.444 e. The van der Waals surface area contributed by atoms with E-state index in [0.717, 1.165) is 6.07 Å². The quantitative estimate of drug-likeness (QED) is 0.266. The highest BCUT2D eigenvalue weighted by Gasteiger charge is 2.31. The fraction of sp³-hybridized carbons (Fsp3) is 0.579. The SMILES string of the molecule is CC(C)(C)OC(=O)N1CCC(N(CCc2ccc(C(=O)NN)cc2F)S(=O)O)CC1. The first kappa shape index (κ1) is 24.2. The van der Waals surface area contributed by atoms with E-state index in [2.05, 4.69) is 0 Å². The molecule has 0 aromatic heterocycles. The molecule has 1 aliphatic heterocycles. The Balaban J connectivity index is 1.95. The van der Waals surface area contributed by atoms with Gasteiger partial charge in [-0.3, -0.25) is 14.8 Å². The Kier molecular flexibility index (Phi) is 8.30. The van der Waals surface area contributed by atoms with Crippen LogP contribution >= 0.6 is 0 Å². The van der Waals surface area contributed by atoms with Crippen molar-refractivity contribution in [1.82, 2.24) is 14.6 Å². The second-order valence-electron chi connectivity index (χ2n) is 8.10. The first-order valence-corrected chi connectivity index (χ1v) is 10.7. The van der Waals surface area contributed by atoms with Gasteiger partial charge in [0.15, 0.2) is 0 Å². The number of rotatable bonds is 6. The lowest BCUT2D eigenvalue weighted by atomic mass is 10.0. The van der Waals surface area contributed by atoms with Gasteiger partial charge in [-0.15, -0.1) is 0 Å². The zero-order valence-electron chi connectivity index (χ0n) is 17.4. The lowest BCUT2D eigenvalue weighted by Crippen LogP contribution is -2.48. The van der Waals surface area contributed by atoms with Crippen LogP contribution in [0.3, 0.4) is 0 Å². The van der Waals surface area contributed by atoms with Crippen molar-refractivity contribution in [1.29, 1.82) is 0 Å². The summed E-state index contributed by atoms with van der Waals surface area (Å²) in [5, 5.41) is 0. The molecule has 30 heavy (non-hydrogen) atoms. The smallest absolute Gasteiger partial charge is 0.410 e. The number of hydrogen-bond donors (Lipinski definition) is 3. The summed E-state index contributed by atoms with van der Waals surface area (Å²) in [5.41, 5.74) is 1.77. The zero-order valence-corrected chi connectivity index (χ0v) is 18.2. The van der Waals surface area contributed by atoms with Gasteiger partial charge in [-0.05, 0) is 57.7 Å². The highest BCUT2D eigenvalue weighted by Crippen LogP contribution is 2.21. The molecule has 1 atom stereocenters. The van der Waals surface area contributed by atoms with Crippen molar-refractivity contribution in [2.24, 2.45) is 5.84 Å². The standard InChI is InChI=1S/C19H29FN4O5S/c1-19(2,3)29-18(26)23-9-7-15(8-10-23)24(30(27)28)11-6-13-4-5-14(12-16(13)20)17(25)22-21/h4-5,12,15H,6-11,21H2,1-3H3,(H,22,25)(H,27,28). The number of halogens is 1. The highest BCUT2D eigenvalue weighted by atomic mass is 32.2. The average molecular weight is 445 g/mol. The van der Waals surface area contributed by atoms with Gasteiger partial charge in [0, 0.05) is 31.2 Å². The van der Waals surface area contributed by atoms with Crippen LogP contribution < -0.4 is 11.3 Å². The van der Waals surface area contributed by atoms with Crippen LogP contribution in [0, 0.1) is 5.82 Å². The van der Waals surface area contributed by atoms with Crippen molar-refractivity contribution in [2.45, 2.75) is 51.7 Å². The molecule has 4 N–H and O–H groups in total. The van der Waals surface area contributed by atoms with E-state index in [1.165, 1.54) is 16.4 Å². The van der Waals surface area contributed by atoms with Crippen LogP contribution in [0.2, 0.25) is 0 Å². The molecule has 1 saturated heterocycles. The predicted molar refractivity (Wildman–Crippen MR) is 110 cm³/mol. The number of benzene rings is 1. The second-order valence-corrected chi connectivity index (χ2v) is 9.03. The number of hydrogen-bond acceptors (Lipinski definition) is 5. The number of likely N-dealkylation sites (tertiary alicyclic amines) is 1. The van der Waals surface area contributed by atoms with Crippen molar-refractivity contribution in [3.8, 4) is 0 Å². The lowest BCUT2D eigenvalue weighted by molar-refractivity contribution is 0.0178. The molecule has 1 fully saturated rings. The maximum Gasteiger partial charge on any atom is 0.410 e. The second kappa shape index (κ2) is 10.3. The highest BCUT2D eigenvalue weighted by molar-refractivity contribution is 7.76. The summed E-state index contributed by atoms with van der Waals surface area (Å²) < 4.78 is 42.6. The summed E-state index contributed by atoms with van der Waals surface area (Å²) in [6.07, 6.45) is 0.795. The Morgan fingerprint density at radius 3 is 2.50 bits per heavy atom. The molecule has 1 aromatic rings. The molecule has 9 nitrogen and oxygen atoms in total. The molecule has 168 valence electrons. The fourth-order valence-electron chi connectivity index (χ4n) is 3.26. The van der Waals surface area contributed by atoms with Crippen molar-refractivity contribution >= 4 is 23.3 Å². The van der Waals surface area contributed by atoms with Gasteiger partial charge in [-0.25, -0.2) is 19.2 Å². The minimum atomic E-state index is -2.24. The summed E-state index contributed by atoms with van der Waals surface area (Å²) in [6.45, 7) is 6.35. The molecule has 1 aliphatic rings. The van der Waals surface area contributed by atoms with Gasteiger partial charge in [0.2, 0.25) is 11.3 Å².